The van der Waals surface area contributed by atoms with Crippen molar-refractivity contribution < 1.29 is 14.1 Å². The summed E-state index contributed by atoms with van der Waals surface area (Å²) >= 11 is 0. The summed E-state index contributed by atoms with van der Waals surface area (Å²) in [5.74, 6) is 1.64. The van der Waals surface area contributed by atoms with Gasteiger partial charge >= 0.3 is 0 Å². The van der Waals surface area contributed by atoms with E-state index in [9.17, 15) is 4.79 Å². The monoisotopic (exact) mass is 348 g/mol. The molecule has 138 valence electrons. The minimum atomic E-state index is 0.108. The van der Waals surface area contributed by atoms with Gasteiger partial charge in [-0.2, -0.15) is 4.98 Å². The lowest BCUT2D eigenvalue weighted by molar-refractivity contribution is -0.150. The summed E-state index contributed by atoms with van der Waals surface area (Å²) < 4.78 is 11.2. The van der Waals surface area contributed by atoms with Gasteiger partial charge in [-0.1, -0.05) is 24.9 Å². The zero-order valence-corrected chi connectivity index (χ0v) is 15.0. The van der Waals surface area contributed by atoms with Gasteiger partial charge in [0.15, 0.2) is 5.82 Å². The van der Waals surface area contributed by atoms with E-state index in [0.717, 1.165) is 51.0 Å². The van der Waals surface area contributed by atoms with E-state index >= 15 is 0 Å². The average molecular weight is 348 g/mol. The van der Waals surface area contributed by atoms with E-state index in [1.165, 1.54) is 12.8 Å². The molecule has 1 saturated carbocycles. The van der Waals surface area contributed by atoms with Gasteiger partial charge in [0.25, 0.3) is 0 Å². The molecule has 3 heterocycles. The molecule has 3 atom stereocenters. The fraction of sp³-hybridized carbons (Fsp3) is 0.833. The van der Waals surface area contributed by atoms with Crippen LogP contribution in [-0.2, 0) is 16.0 Å². The van der Waals surface area contributed by atoms with Crippen molar-refractivity contribution in [1.82, 2.24) is 19.9 Å². The average Bonchev–Trinajstić information content (AvgIpc) is 3.30. The molecule has 1 aliphatic carbocycles. The van der Waals surface area contributed by atoms with Crippen LogP contribution in [0.5, 0.6) is 0 Å². The number of carbonyl (C=O) groups excluding carboxylic acids is 1. The predicted octanol–water partition coefficient (Wildman–Crippen LogP) is 1.94. The lowest BCUT2D eigenvalue weighted by Gasteiger charge is -2.44. The van der Waals surface area contributed by atoms with Crippen LogP contribution in [0.2, 0.25) is 0 Å². The van der Waals surface area contributed by atoms with Crippen LogP contribution in [0.25, 0.3) is 0 Å². The molecule has 0 radical (unpaired) electrons. The predicted molar refractivity (Wildman–Crippen MR) is 90.9 cm³/mol. The van der Waals surface area contributed by atoms with E-state index in [1.807, 2.05) is 6.92 Å². The first-order valence-corrected chi connectivity index (χ1v) is 9.74. The van der Waals surface area contributed by atoms with Crippen LogP contribution in [0.1, 0.15) is 63.2 Å². The summed E-state index contributed by atoms with van der Waals surface area (Å²) in [4.78, 5) is 21.8. The summed E-state index contributed by atoms with van der Waals surface area (Å²) in [5.41, 5.74) is 0. The highest BCUT2D eigenvalue weighted by Crippen LogP contribution is 2.32. The highest BCUT2D eigenvalue weighted by Gasteiger charge is 2.38. The molecule has 7 nitrogen and oxygen atoms in total. The molecule has 25 heavy (non-hydrogen) atoms. The molecule has 0 bridgehead atoms. The van der Waals surface area contributed by atoms with Gasteiger partial charge in [0.05, 0.1) is 31.3 Å². The van der Waals surface area contributed by atoms with Crippen molar-refractivity contribution in [2.75, 3.05) is 26.2 Å². The number of aromatic nitrogens is 2. The first-order valence-electron chi connectivity index (χ1n) is 9.74. The maximum absolute atomic E-state index is 13.0. The molecule has 4 rings (SSSR count). The first kappa shape index (κ1) is 17.0. The molecular formula is C18H28N4O3. The number of morpholine rings is 1. The zero-order valence-electron chi connectivity index (χ0n) is 15.0. The second-order valence-corrected chi connectivity index (χ2v) is 7.38. The standard InChI is InChI=1S/C18H28N4O3/c1-2-16-19-18(20-25-16)14-7-5-9-21(14)12-17(23)22-10-11-24-15-8-4-3-6-13(15)22/h13-15H,2-12H2,1H3/t13-,14-,15-/m0/s1. The fourth-order valence-electron chi connectivity index (χ4n) is 4.53. The van der Waals surface area contributed by atoms with Gasteiger partial charge in [0, 0.05) is 13.0 Å². The van der Waals surface area contributed by atoms with Crippen molar-refractivity contribution in [3.05, 3.63) is 11.7 Å². The third kappa shape index (κ3) is 3.44. The van der Waals surface area contributed by atoms with E-state index in [2.05, 4.69) is 19.9 Å². The summed E-state index contributed by atoms with van der Waals surface area (Å²) in [6.07, 6.45) is 7.63. The lowest BCUT2D eigenvalue weighted by atomic mass is 9.90. The molecule has 1 aromatic heterocycles. The molecule has 0 spiro atoms. The number of carbonyl (C=O) groups is 1. The summed E-state index contributed by atoms with van der Waals surface area (Å²) in [6, 6.07) is 0.379. The van der Waals surface area contributed by atoms with Gasteiger partial charge in [-0.05, 0) is 32.2 Å². The summed E-state index contributed by atoms with van der Waals surface area (Å²) in [5, 5.41) is 4.13. The Morgan fingerprint density at radius 2 is 2.08 bits per heavy atom. The highest BCUT2D eigenvalue weighted by molar-refractivity contribution is 5.79. The molecule has 3 fully saturated rings. The smallest absolute Gasteiger partial charge is 0.237 e. The van der Waals surface area contributed by atoms with Crippen molar-refractivity contribution in [2.45, 2.75) is 70.1 Å². The Bertz CT molecular complexity index is 603. The summed E-state index contributed by atoms with van der Waals surface area (Å²) in [6.45, 7) is 4.77. The Morgan fingerprint density at radius 1 is 1.20 bits per heavy atom. The number of nitrogens with zero attached hydrogens (tertiary/aromatic N) is 4. The molecule has 0 N–H and O–H groups in total. The Balaban J connectivity index is 1.42. The summed E-state index contributed by atoms with van der Waals surface area (Å²) in [7, 11) is 0. The van der Waals surface area contributed by atoms with Crippen LogP contribution in [0.3, 0.4) is 0 Å². The normalized spacial score (nSPS) is 30.4. The van der Waals surface area contributed by atoms with Crippen molar-refractivity contribution in [3.63, 3.8) is 0 Å². The minimum absolute atomic E-state index is 0.108. The van der Waals surface area contributed by atoms with Gasteiger partial charge in [0.1, 0.15) is 0 Å². The molecule has 3 aliphatic rings. The Hall–Kier alpha value is -1.47. The number of fused-ring (bicyclic) bond motifs is 1. The van der Waals surface area contributed by atoms with Crippen molar-refractivity contribution in [2.24, 2.45) is 0 Å². The van der Waals surface area contributed by atoms with Crippen LogP contribution in [-0.4, -0.2) is 64.2 Å². The number of ether oxygens (including phenoxy) is 1. The Labute approximate surface area is 148 Å². The van der Waals surface area contributed by atoms with Crippen molar-refractivity contribution >= 4 is 5.91 Å². The number of hydrogen-bond donors (Lipinski definition) is 0. The van der Waals surface area contributed by atoms with E-state index in [-0.39, 0.29) is 24.1 Å². The topological polar surface area (TPSA) is 71.7 Å². The maximum Gasteiger partial charge on any atom is 0.237 e. The number of amides is 1. The molecule has 7 heteroatoms. The second-order valence-electron chi connectivity index (χ2n) is 7.38. The quantitative estimate of drug-likeness (QED) is 0.828. The SMILES string of the molecule is CCc1nc([C@@H]2CCCN2CC(=O)N2CCO[C@H]3CCCC[C@@H]32)no1. The molecular weight excluding hydrogens is 320 g/mol. The van der Waals surface area contributed by atoms with Crippen LogP contribution in [0.4, 0.5) is 0 Å². The van der Waals surface area contributed by atoms with Gasteiger partial charge in [0.2, 0.25) is 11.8 Å². The number of rotatable bonds is 4. The third-order valence-corrected chi connectivity index (χ3v) is 5.84. The maximum atomic E-state index is 13.0. The van der Waals surface area contributed by atoms with Gasteiger partial charge < -0.3 is 14.2 Å². The third-order valence-electron chi connectivity index (χ3n) is 5.84. The van der Waals surface area contributed by atoms with Crippen LogP contribution < -0.4 is 0 Å². The van der Waals surface area contributed by atoms with Crippen LogP contribution in [0, 0.1) is 0 Å². The highest BCUT2D eigenvalue weighted by atomic mass is 16.5. The van der Waals surface area contributed by atoms with E-state index in [0.29, 0.717) is 19.0 Å². The lowest BCUT2D eigenvalue weighted by Crippen LogP contribution is -2.56. The molecule has 0 unspecified atom stereocenters. The Kier molecular flexibility index (Phi) is 5.03. The van der Waals surface area contributed by atoms with Crippen molar-refractivity contribution in [3.8, 4) is 0 Å². The van der Waals surface area contributed by atoms with Crippen LogP contribution in [0.15, 0.2) is 4.52 Å². The largest absolute Gasteiger partial charge is 0.374 e. The number of aryl methyl sites for hydroxylation is 1. The van der Waals surface area contributed by atoms with Gasteiger partial charge in [-0.15, -0.1) is 0 Å². The second kappa shape index (κ2) is 7.41. The fourth-order valence-corrected chi connectivity index (χ4v) is 4.53. The minimum Gasteiger partial charge on any atom is -0.374 e. The number of hydrogen-bond acceptors (Lipinski definition) is 6. The molecule has 0 aromatic carbocycles. The zero-order chi connectivity index (χ0) is 17.2. The molecule has 2 saturated heterocycles. The van der Waals surface area contributed by atoms with E-state index in [1.54, 1.807) is 0 Å². The van der Waals surface area contributed by atoms with E-state index in [4.69, 9.17) is 9.26 Å². The van der Waals surface area contributed by atoms with Crippen LogP contribution >= 0.6 is 0 Å². The molecule has 1 amide bonds. The Morgan fingerprint density at radius 3 is 2.92 bits per heavy atom. The molecule has 2 aliphatic heterocycles. The van der Waals surface area contributed by atoms with Gasteiger partial charge in [-0.25, -0.2) is 0 Å². The first-order chi connectivity index (χ1) is 12.3. The number of likely N-dealkylation sites (tertiary alicyclic amines) is 1. The molecule has 1 aromatic rings. The van der Waals surface area contributed by atoms with Gasteiger partial charge in [-0.3, -0.25) is 9.69 Å². The van der Waals surface area contributed by atoms with Crippen molar-refractivity contribution in [1.29, 1.82) is 0 Å². The van der Waals surface area contributed by atoms with E-state index < -0.39 is 0 Å².